The van der Waals surface area contributed by atoms with Crippen molar-refractivity contribution < 1.29 is 5.11 Å². The Morgan fingerprint density at radius 1 is 1.31 bits per heavy atom. The van der Waals surface area contributed by atoms with Gasteiger partial charge in [-0.2, -0.15) is 0 Å². The molecule has 1 aliphatic heterocycles. The fourth-order valence-corrected chi connectivity index (χ4v) is 2.32. The quantitative estimate of drug-likeness (QED) is 0.666. The van der Waals surface area contributed by atoms with Crippen LogP contribution in [-0.4, -0.2) is 37.4 Å². The zero-order valence-corrected chi connectivity index (χ0v) is 11.1. The van der Waals surface area contributed by atoms with Crippen LogP contribution in [0.5, 0.6) is 0 Å². The second-order valence-electron chi connectivity index (χ2n) is 6.27. The predicted molar refractivity (Wildman–Crippen MR) is 68.5 cm³/mol. The Labute approximate surface area is 100 Å². The molecule has 0 radical (unpaired) electrons. The second-order valence-corrected chi connectivity index (χ2v) is 6.27. The SMILES string of the molecule is CC(C)(C)CC(O)CNCC1CCNCC1. The van der Waals surface area contributed by atoms with Gasteiger partial charge in [0, 0.05) is 6.54 Å². The highest BCUT2D eigenvalue weighted by Gasteiger charge is 2.17. The highest BCUT2D eigenvalue weighted by Crippen LogP contribution is 2.20. The Kier molecular flexibility index (Phi) is 5.73. The van der Waals surface area contributed by atoms with E-state index in [-0.39, 0.29) is 11.5 Å². The van der Waals surface area contributed by atoms with Gasteiger partial charge in [-0.3, -0.25) is 0 Å². The van der Waals surface area contributed by atoms with Gasteiger partial charge in [-0.15, -0.1) is 0 Å². The molecule has 0 aliphatic carbocycles. The minimum absolute atomic E-state index is 0.207. The first-order chi connectivity index (χ1) is 7.47. The summed E-state index contributed by atoms with van der Waals surface area (Å²) in [7, 11) is 0. The molecule has 1 unspecified atom stereocenters. The van der Waals surface area contributed by atoms with Crippen LogP contribution < -0.4 is 10.6 Å². The molecule has 1 atom stereocenters. The number of nitrogens with one attached hydrogen (secondary N) is 2. The van der Waals surface area contributed by atoms with Gasteiger partial charge in [-0.25, -0.2) is 0 Å². The normalized spacial score (nSPS) is 21.0. The first-order valence-corrected chi connectivity index (χ1v) is 6.57. The van der Waals surface area contributed by atoms with Gasteiger partial charge in [-0.1, -0.05) is 20.8 Å². The third-order valence-electron chi connectivity index (χ3n) is 3.12. The van der Waals surface area contributed by atoms with E-state index in [0.29, 0.717) is 0 Å². The molecule has 1 aliphatic rings. The largest absolute Gasteiger partial charge is 0.392 e. The van der Waals surface area contributed by atoms with Crippen LogP contribution in [0.4, 0.5) is 0 Å². The lowest BCUT2D eigenvalue weighted by Crippen LogP contribution is -2.37. The van der Waals surface area contributed by atoms with Crippen LogP contribution in [0, 0.1) is 11.3 Å². The van der Waals surface area contributed by atoms with E-state index in [0.717, 1.165) is 38.5 Å². The third-order valence-corrected chi connectivity index (χ3v) is 3.12. The molecule has 0 bridgehead atoms. The van der Waals surface area contributed by atoms with Crippen molar-refractivity contribution >= 4 is 0 Å². The number of rotatable bonds is 5. The van der Waals surface area contributed by atoms with Crippen LogP contribution in [-0.2, 0) is 0 Å². The van der Waals surface area contributed by atoms with E-state index in [1.54, 1.807) is 0 Å². The molecular formula is C13H28N2O. The monoisotopic (exact) mass is 228 g/mol. The molecule has 1 heterocycles. The van der Waals surface area contributed by atoms with Crippen molar-refractivity contribution in [1.29, 1.82) is 0 Å². The minimum atomic E-state index is -0.207. The first-order valence-electron chi connectivity index (χ1n) is 6.57. The van der Waals surface area contributed by atoms with Crippen molar-refractivity contribution in [3.63, 3.8) is 0 Å². The summed E-state index contributed by atoms with van der Waals surface area (Å²) < 4.78 is 0. The Hall–Kier alpha value is -0.120. The van der Waals surface area contributed by atoms with E-state index < -0.39 is 0 Å². The van der Waals surface area contributed by atoms with Crippen LogP contribution in [0.1, 0.15) is 40.0 Å². The molecule has 96 valence electrons. The maximum atomic E-state index is 9.84. The summed E-state index contributed by atoms with van der Waals surface area (Å²) in [6, 6.07) is 0. The van der Waals surface area contributed by atoms with Crippen molar-refractivity contribution in [3.05, 3.63) is 0 Å². The maximum absolute atomic E-state index is 9.84. The van der Waals surface area contributed by atoms with Gasteiger partial charge in [0.05, 0.1) is 6.10 Å². The molecular weight excluding hydrogens is 200 g/mol. The number of hydrogen-bond donors (Lipinski definition) is 3. The van der Waals surface area contributed by atoms with Crippen LogP contribution in [0.3, 0.4) is 0 Å². The zero-order chi connectivity index (χ0) is 12.0. The molecule has 3 N–H and O–H groups in total. The molecule has 0 aromatic rings. The van der Waals surface area contributed by atoms with E-state index in [1.165, 1.54) is 12.8 Å². The molecule has 16 heavy (non-hydrogen) atoms. The fraction of sp³-hybridized carbons (Fsp3) is 1.00. The van der Waals surface area contributed by atoms with E-state index in [4.69, 9.17) is 0 Å². The molecule has 3 nitrogen and oxygen atoms in total. The number of aliphatic hydroxyl groups excluding tert-OH is 1. The van der Waals surface area contributed by atoms with Crippen molar-refractivity contribution in [2.24, 2.45) is 11.3 Å². The Balaban J connectivity index is 2.05. The Bertz CT molecular complexity index is 183. The topological polar surface area (TPSA) is 44.3 Å². The molecule has 1 fully saturated rings. The smallest absolute Gasteiger partial charge is 0.0669 e. The van der Waals surface area contributed by atoms with Gasteiger partial charge in [0.2, 0.25) is 0 Å². The van der Waals surface area contributed by atoms with Gasteiger partial charge in [0.25, 0.3) is 0 Å². The molecule has 0 aromatic heterocycles. The average Bonchev–Trinajstić information content (AvgIpc) is 2.16. The highest BCUT2D eigenvalue weighted by atomic mass is 16.3. The summed E-state index contributed by atoms with van der Waals surface area (Å²) in [5.74, 6) is 0.795. The second kappa shape index (κ2) is 6.58. The first kappa shape index (κ1) is 13.9. The molecule has 1 rings (SSSR count). The molecule has 0 saturated carbocycles. The summed E-state index contributed by atoms with van der Waals surface area (Å²) in [4.78, 5) is 0. The van der Waals surface area contributed by atoms with E-state index in [2.05, 4.69) is 31.4 Å². The Morgan fingerprint density at radius 2 is 1.94 bits per heavy atom. The summed E-state index contributed by atoms with van der Waals surface area (Å²) in [6.45, 7) is 10.6. The van der Waals surface area contributed by atoms with Gasteiger partial charge in [-0.05, 0) is 50.2 Å². The van der Waals surface area contributed by atoms with Crippen molar-refractivity contribution in [1.82, 2.24) is 10.6 Å². The maximum Gasteiger partial charge on any atom is 0.0669 e. The van der Waals surface area contributed by atoms with Crippen LogP contribution >= 0.6 is 0 Å². The van der Waals surface area contributed by atoms with Gasteiger partial charge < -0.3 is 15.7 Å². The van der Waals surface area contributed by atoms with Crippen molar-refractivity contribution in [3.8, 4) is 0 Å². The molecule has 0 spiro atoms. The Morgan fingerprint density at radius 3 is 2.50 bits per heavy atom. The summed E-state index contributed by atoms with van der Waals surface area (Å²) >= 11 is 0. The lowest BCUT2D eigenvalue weighted by atomic mass is 9.89. The number of aliphatic hydroxyl groups is 1. The van der Waals surface area contributed by atoms with E-state index >= 15 is 0 Å². The summed E-state index contributed by atoms with van der Waals surface area (Å²) in [6.07, 6.45) is 3.19. The molecule has 1 saturated heterocycles. The molecule has 0 amide bonds. The summed E-state index contributed by atoms with van der Waals surface area (Å²) in [5, 5.41) is 16.6. The minimum Gasteiger partial charge on any atom is -0.392 e. The molecule has 0 aromatic carbocycles. The van der Waals surface area contributed by atoms with Crippen LogP contribution in [0.15, 0.2) is 0 Å². The number of piperidine rings is 1. The van der Waals surface area contributed by atoms with Crippen LogP contribution in [0.25, 0.3) is 0 Å². The standard InChI is InChI=1S/C13H28N2O/c1-13(2,3)8-12(16)10-15-9-11-4-6-14-7-5-11/h11-12,14-16H,4-10H2,1-3H3. The van der Waals surface area contributed by atoms with Crippen molar-refractivity contribution in [2.75, 3.05) is 26.2 Å². The van der Waals surface area contributed by atoms with Crippen molar-refractivity contribution in [2.45, 2.75) is 46.1 Å². The van der Waals surface area contributed by atoms with Crippen LogP contribution in [0.2, 0.25) is 0 Å². The lowest BCUT2D eigenvalue weighted by Gasteiger charge is -2.25. The van der Waals surface area contributed by atoms with Gasteiger partial charge >= 0.3 is 0 Å². The lowest BCUT2D eigenvalue weighted by molar-refractivity contribution is 0.118. The van der Waals surface area contributed by atoms with Gasteiger partial charge in [0.1, 0.15) is 0 Å². The molecule has 3 heteroatoms. The van der Waals surface area contributed by atoms with E-state index in [1.807, 2.05) is 0 Å². The van der Waals surface area contributed by atoms with E-state index in [9.17, 15) is 5.11 Å². The predicted octanol–water partition coefficient (Wildman–Crippen LogP) is 1.37. The number of hydrogen-bond acceptors (Lipinski definition) is 3. The average molecular weight is 228 g/mol. The summed E-state index contributed by atoms with van der Waals surface area (Å²) in [5.41, 5.74) is 0.218. The third kappa shape index (κ3) is 6.46. The zero-order valence-electron chi connectivity index (χ0n) is 11.1. The van der Waals surface area contributed by atoms with Gasteiger partial charge in [0.15, 0.2) is 0 Å². The fourth-order valence-electron chi connectivity index (χ4n) is 2.32. The highest BCUT2D eigenvalue weighted by molar-refractivity contribution is 4.73.